The zero-order valence-corrected chi connectivity index (χ0v) is 21.7. The highest BCUT2D eigenvalue weighted by Gasteiger charge is 2.37. The molecular weight excluding hydrogens is 468 g/mol. The number of rotatable bonds is 8. The third kappa shape index (κ3) is 6.15. The van der Waals surface area contributed by atoms with Crippen LogP contribution in [0.1, 0.15) is 43.2 Å². The van der Waals surface area contributed by atoms with E-state index in [4.69, 9.17) is 23.0 Å². The van der Waals surface area contributed by atoms with Crippen LogP contribution in [-0.2, 0) is 16.1 Å². The van der Waals surface area contributed by atoms with Gasteiger partial charge in [-0.2, -0.15) is 0 Å². The molecule has 1 aliphatic carbocycles. The highest BCUT2D eigenvalue weighted by molar-refractivity contribution is 5.98. The highest BCUT2D eigenvalue weighted by atomic mass is 16.2. The number of nitrogens with two attached hydrogens (primary N) is 4. The molecule has 2 amide bonds. The SMILES string of the molecule is Cc1cc(CN(N)/C=C(\N)C(=O)NC2CCC(N)=C2/C=C\CN)ccc1N1CCN2CCCCC2C1=O. The molecule has 0 bridgehead atoms. The van der Waals surface area contributed by atoms with E-state index in [-0.39, 0.29) is 23.7 Å². The molecule has 37 heavy (non-hydrogen) atoms. The fourth-order valence-corrected chi connectivity index (χ4v) is 5.54. The van der Waals surface area contributed by atoms with E-state index in [9.17, 15) is 9.59 Å². The number of amides is 2. The van der Waals surface area contributed by atoms with Crippen molar-refractivity contribution in [2.75, 3.05) is 31.1 Å². The monoisotopic (exact) mass is 508 g/mol. The number of carbonyl (C=O) groups is 2. The second-order valence-electron chi connectivity index (χ2n) is 10.1. The van der Waals surface area contributed by atoms with Gasteiger partial charge >= 0.3 is 0 Å². The summed E-state index contributed by atoms with van der Waals surface area (Å²) in [5, 5.41) is 4.32. The Balaban J connectivity index is 1.36. The van der Waals surface area contributed by atoms with E-state index in [2.05, 4.69) is 10.2 Å². The quantitative estimate of drug-likeness (QED) is 0.195. The molecule has 10 nitrogen and oxygen atoms in total. The molecule has 1 aromatic rings. The first kappa shape index (κ1) is 26.7. The van der Waals surface area contributed by atoms with Crippen molar-refractivity contribution in [3.8, 4) is 0 Å². The Kier molecular flexibility index (Phi) is 8.52. The number of piperidine rings is 1. The Morgan fingerprint density at radius 3 is 2.78 bits per heavy atom. The number of fused-ring (bicyclic) bond motifs is 1. The summed E-state index contributed by atoms with van der Waals surface area (Å²) in [4.78, 5) is 30.1. The van der Waals surface area contributed by atoms with Crippen molar-refractivity contribution in [1.29, 1.82) is 0 Å². The summed E-state index contributed by atoms with van der Waals surface area (Å²) >= 11 is 0. The summed E-state index contributed by atoms with van der Waals surface area (Å²) in [7, 11) is 0. The number of benzene rings is 1. The predicted molar refractivity (Wildman–Crippen MR) is 145 cm³/mol. The number of piperazine rings is 1. The molecule has 2 unspecified atom stereocenters. The van der Waals surface area contributed by atoms with Crippen molar-refractivity contribution in [1.82, 2.24) is 15.2 Å². The molecule has 9 N–H and O–H groups in total. The van der Waals surface area contributed by atoms with Crippen LogP contribution in [0.15, 0.2) is 53.5 Å². The van der Waals surface area contributed by atoms with Crippen LogP contribution in [0.5, 0.6) is 0 Å². The Labute approximate surface area is 218 Å². The Morgan fingerprint density at radius 1 is 1.22 bits per heavy atom. The summed E-state index contributed by atoms with van der Waals surface area (Å²) in [6, 6.07) is 5.78. The lowest BCUT2D eigenvalue weighted by Gasteiger charge is -2.43. The van der Waals surface area contributed by atoms with Crippen molar-refractivity contribution in [3.63, 3.8) is 0 Å². The van der Waals surface area contributed by atoms with E-state index in [1.54, 1.807) is 0 Å². The first-order chi connectivity index (χ1) is 17.8. The molecule has 4 rings (SSSR count). The second kappa shape index (κ2) is 11.8. The first-order valence-corrected chi connectivity index (χ1v) is 13.1. The van der Waals surface area contributed by atoms with Crippen LogP contribution in [-0.4, -0.2) is 60.0 Å². The molecule has 10 heteroatoms. The van der Waals surface area contributed by atoms with Crippen LogP contribution < -0.4 is 33.3 Å². The lowest BCUT2D eigenvalue weighted by molar-refractivity contribution is -0.127. The van der Waals surface area contributed by atoms with Gasteiger partial charge in [0.25, 0.3) is 5.91 Å². The Bertz CT molecular complexity index is 1110. The maximum atomic E-state index is 13.2. The summed E-state index contributed by atoms with van der Waals surface area (Å²) in [5.41, 5.74) is 22.2. The van der Waals surface area contributed by atoms with Gasteiger partial charge in [-0.3, -0.25) is 14.5 Å². The van der Waals surface area contributed by atoms with E-state index in [1.165, 1.54) is 17.6 Å². The molecule has 1 aromatic carbocycles. The van der Waals surface area contributed by atoms with Gasteiger partial charge in [-0.1, -0.05) is 30.7 Å². The fourth-order valence-electron chi connectivity index (χ4n) is 5.54. The summed E-state index contributed by atoms with van der Waals surface area (Å²) in [6.45, 7) is 5.40. The number of hydrogen-bond donors (Lipinski definition) is 5. The minimum Gasteiger partial charge on any atom is -0.402 e. The van der Waals surface area contributed by atoms with Gasteiger partial charge in [0.05, 0.1) is 18.6 Å². The van der Waals surface area contributed by atoms with Crippen molar-refractivity contribution < 1.29 is 9.59 Å². The average molecular weight is 509 g/mol. The zero-order chi connectivity index (χ0) is 26.5. The number of aryl methyl sites for hydroxylation is 1. The predicted octanol–water partition coefficient (Wildman–Crippen LogP) is 0.678. The summed E-state index contributed by atoms with van der Waals surface area (Å²) in [6.07, 6.45) is 9.74. The van der Waals surface area contributed by atoms with Crippen molar-refractivity contribution in [2.24, 2.45) is 23.0 Å². The molecule has 2 aliphatic heterocycles. The Hall–Kier alpha value is -3.34. The normalized spacial score (nSPS) is 23.1. The Morgan fingerprint density at radius 2 is 2.03 bits per heavy atom. The van der Waals surface area contributed by atoms with E-state index in [0.717, 1.165) is 54.0 Å². The van der Waals surface area contributed by atoms with Crippen molar-refractivity contribution >= 4 is 17.5 Å². The number of nitrogens with one attached hydrogen (secondary N) is 1. The van der Waals surface area contributed by atoms with Gasteiger partial charge in [-0.25, -0.2) is 5.84 Å². The smallest absolute Gasteiger partial charge is 0.269 e. The number of carbonyl (C=O) groups excluding carboxylic acids is 2. The topological polar surface area (TPSA) is 160 Å². The minimum atomic E-state index is -0.402. The van der Waals surface area contributed by atoms with Gasteiger partial charge in [0.2, 0.25) is 5.91 Å². The standard InChI is InChI=1S/C27H40N8O2/c1-18-15-19(7-10-24(18)35-14-13-33-12-3-2-6-25(33)27(35)37)16-34(31)17-22(30)26(36)32-23-9-8-21(29)20(23)5-4-11-28/h4-5,7,10,15,17,23,25H,2-3,6,8-9,11-14,16,28-31H2,1H3,(H,32,36)/b5-4-,22-17-. The molecule has 2 fully saturated rings. The van der Waals surface area contributed by atoms with Gasteiger partial charge in [0.1, 0.15) is 5.70 Å². The van der Waals surface area contributed by atoms with E-state index in [0.29, 0.717) is 32.5 Å². The largest absolute Gasteiger partial charge is 0.402 e. The van der Waals surface area contributed by atoms with Gasteiger partial charge in [0.15, 0.2) is 0 Å². The molecule has 2 saturated heterocycles. The minimum absolute atomic E-state index is 0.00398. The molecule has 3 aliphatic rings. The van der Waals surface area contributed by atoms with Crippen LogP contribution >= 0.6 is 0 Å². The van der Waals surface area contributed by atoms with Crippen LogP contribution in [0, 0.1) is 6.92 Å². The van der Waals surface area contributed by atoms with Crippen molar-refractivity contribution in [3.05, 3.63) is 64.6 Å². The number of hydrazine groups is 1. The molecule has 2 heterocycles. The number of hydrogen-bond acceptors (Lipinski definition) is 8. The molecular formula is C27H40N8O2. The van der Waals surface area contributed by atoms with Crippen LogP contribution in [0.3, 0.4) is 0 Å². The summed E-state index contributed by atoms with van der Waals surface area (Å²) in [5.74, 6) is 5.96. The fraction of sp³-hybridized carbons (Fsp3) is 0.481. The van der Waals surface area contributed by atoms with Crippen molar-refractivity contribution in [2.45, 2.75) is 57.7 Å². The number of nitrogens with zero attached hydrogens (tertiary/aromatic N) is 3. The maximum absolute atomic E-state index is 13.2. The molecule has 2 atom stereocenters. The lowest BCUT2D eigenvalue weighted by atomic mass is 9.97. The van der Waals surface area contributed by atoms with Crippen LogP contribution in [0.25, 0.3) is 0 Å². The van der Waals surface area contributed by atoms with E-state index >= 15 is 0 Å². The van der Waals surface area contributed by atoms with Crippen LogP contribution in [0.2, 0.25) is 0 Å². The highest BCUT2D eigenvalue weighted by Crippen LogP contribution is 2.29. The van der Waals surface area contributed by atoms with Gasteiger partial charge in [0, 0.05) is 37.2 Å². The van der Waals surface area contributed by atoms with Gasteiger partial charge in [-0.05, 0) is 61.9 Å². The molecule has 0 spiro atoms. The third-order valence-electron chi connectivity index (χ3n) is 7.45. The van der Waals surface area contributed by atoms with Gasteiger partial charge in [-0.15, -0.1) is 0 Å². The summed E-state index contributed by atoms with van der Waals surface area (Å²) < 4.78 is 0. The van der Waals surface area contributed by atoms with Gasteiger partial charge < -0.3 is 32.4 Å². The molecule has 0 saturated carbocycles. The second-order valence-corrected chi connectivity index (χ2v) is 10.1. The number of allylic oxidation sites excluding steroid dienone is 1. The lowest BCUT2D eigenvalue weighted by Crippen LogP contribution is -2.58. The van der Waals surface area contributed by atoms with E-state index in [1.807, 2.05) is 42.2 Å². The number of anilines is 1. The molecule has 0 radical (unpaired) electrons. The maximum Gasteiger partial charge on any atom is 0.269 e. The zero-order valence-electron chi connectivity index (χ0n) is 21.7. The third-order valence-corrected chi connectivity index (χ3v) is 7.45. The molecule has 200 valence electrons. The first-order valence-electron chi connectivity index (χ1n) is 13.1. The van der Waals surface area contributed by atoms with Crippen LogP contribution in [0.4, 0.5) is 5.69 Å². The molecule has 0 aromatic heterocycles. The van der Waals surface area contributed by atoms with E-state index < -0.39 is 5.91 Å². The average Bonchev–Trinajstić information content (AvgIpc) is 3.22.